The number of H-pyrrole nitrogens is 1. The Bertz CT molecular complexity index is 1450. The minimum atomic E-state index is -3.74. The number of nitrogens with one attached hydrogen (secondary N) is 3. The maximum absolute atomic E-state index is 13.3. The number of carbonyl (C=O) groups is 1. The van der Waals surface area contributed by atoms with Gasteiger partial charge in [0, 0.05) is 25.3 Å². The molecule has 0 radical (unpaired) electrons. The van der Waals surface area contributed by atoms with Gasteiger partial charge < -0.3 is 20.4 Å². The molecule has 1 saturated carbocycles. The summed E-state index contributed by atoms with van der Waals surface area (Å²) >= 11 is 0. The van der Waals surface area contributed by atoms with Gasteiger partial charge in [-0.1, -0.05) is 6.07 Å². The lowest BCUT2D eigenvalue weighted by atomic mass is 10.1. The number of nitrogens with zero attached hydrogens (tertiary/aromatic N) is 2. The molecule has 14 heteroatoms. The summed E-state index contributed by atoms with van der Waals surface area (Å²) in [6.45, 7) is 0.571. The molecule has 9 nitrogen and oxygen atoms in total. The van der Waals surface area contributed by atoms with E-state index in [2.05, 4.69) is 25.6 Å². The molecule has 0 unspecified atom stereocenters. The summed E-state index contributed by atoms with van der Waals surface area (Å²) in [5.41, 5.74) is 0.670. The molecule has 5 rings (SSSR count). The molecular formula is C22H21F4N5O4S. The summed E-state index contributed by atoms with van der Waals surface area (Å²) in [6.07, 6.45) is -1.18. The van der Waals surface area contributed by atoms with E-state index in [1.54, 1.807) is 6.07 Å². The molecule has 0 spiro atoms. The third kappa shape index (κ3) is 4.74. The van der Waals surface area contributed by atoms with Crippen LogP contribution in [0.15, 0.2) is 29.2 Å². The molecule has 1 aliphatic carbocycles. The van der Waals surface area contributed by atoms with Crippen LogP contribution in [-0.2, 0) is 19.4 Å². The number of fused-ring (bicyclic) bond motifs is 1. The molecule has 1 amide bonds. The molecule has 2 aliphatic rings. The van der Waals surface area contributed by atoms with E-state index in [-0.39, 0.29) is 39.4 Å². The summed E-state index contributed by atoms with van der Waals surface area (Å²) in [6, 6.07) is 5.93. The predicted octanol–water partition coefficient (Wildman–Crippen LogP) is 4.49. The van der Waals surface area contributed by atoms with Crippen molar-refractivity contribution >= 4 is 44.1 Å². The molecule has 1 aromatic carbocycles. The fourth-order valence-electron chi connectivity index (χ4n) is 4.12. The van der Waals surface area contributed by atoms with Crippen molar-refractivity contribution in [3.63, 3.8) is 0 Å². The van der Waals surface area contributed by atoms with Crippen LogP contribution in [0.1, 0.15) is 43.2 Å². The van der Waals surface area contributed by atoms with E-state index in [1.807, 2.05) is 0 Å². The molecule has 192 valence electrons. The van der Waals surface area contributed by atoms with E-state index in [0.29, 0.717) is 12.2 Å². The Hall–Kier alpha value is -3.26. The third-order valence-electron chi connectivity index (χ3n) is 6.06. The van der Waals surface area contributed by atoms with Crippen LogP contribution in [0.4, 0.5) is 34.8 Å². The van der Waals surface area contributed by atoms with Crippen LogP contribution in [0.2, 0.25) is 0 Å². The third-order valence-corrected chi connectivity index (χ3v) is 7.19. The van der Waals surface area contributed by atoms with Crippen molar-refractivity contribution in [3.05, 3.63) is 35.7 Å². The van der Waals surface area contributed by atoms with Crippen molar-refractivity contribution in [2.75, 3.05) is 23.5 Å². The van der Waals surface area contributed by atoms with Gasteiger partial charge in [0.05, 0.1) is 22.4 Å². The van der Waals surface area contributed by atoms with Gasteiger partial charge in [-0.05, 0) is 30.5 Å². The highest BCUT2D eigenvalue weighted by molar-refractivity contribution is 7.90. The Morgan fingerprint density at radius 2 is 1.97 bits per heavy atom. The fraction of sp³-hybridized carbons (Fsp3) is 0.409. The maximum atomic E-state index is 13.3. The number of pyridine rings is 1. The molecule has 3 N–H and O–H groups in total. The quantitative estimate of drug-likeness (QED) is 0.387. The van der Waals surface area contributed by atoms with Crippen molar-refractivity contribution in [1.29, 1.82) is 0 Å². The number of aromatic nitrogens is 3. The van der Waals surface area contributed by atoms with Gasteiger partial charge in [-0.3, -0.25) is 4.79 Å². The predicted molar refractivity (Wildman–Crippen MR) is 121 cm³/mol. The van der Waals surface area contributed by atoms with Gasteiger partial charge in [0.1, 0.15) is 17.3 Å². The van der Waals surface area contributed by atoms with Crippen molar-refractivity contribution < 1.29 is 35.5 Å². The number of hydrogen-bond acceptors (Lipinski definition) is 7. The molecule has 2 fully saturated rings. The number of imidazole rings is 1. The summed E-state index contributed by atoms with van der Waals surface area (Å²) in [5.74, 6) is -6.50. The number of benzene rings is 1. The largest absolute Gasteiger partial charge is 0.374 e. The van der Waals surface area contributed by atoms with E-state index in [1.165, 1.54) is 18.2 Å². The van der Waals surface area contributed by atoms with Gasteiger partial charge >= 0.3 is 0 Å². The van der Waals surface area contributed by atoms with E-state index in [0.717, 1.165) is 19.1 Å². The van der Waals surface area contributed by atoms with Gasteiger partial charge in [0.15, 0.2) is 21.3 Å². The minimum absolute atomic E-state index is 0.0164. The highest BCUT2D eigenvalue weighted by Gasteiger charge is 2.61. The van der Waals surface area contributed by atoms with Gasteiger partial charge in [0.25, 0.3) is 12.3 Å². The van der Waals surface area contributed by atoms with Crippen molar-refractivity contribution in [3.8, 4) is 0 Å². The average Bonchev–Trinajstić information content (AvgIpc) is 3.19. The van der Waals surface area contributed by atoms with Crippen LogP contribution >= 0.6 is 0 Å². The van der Waals surface area contributed by atoms with Crippen LogP contribution in [0.25, 0.3) is 11.2 Å². The molecule has 2 aromatic heterocycles. The van der Waals surface area contributed by atoms with E-state index < -0.39 is 46.3 Å². The Kier molecular flexibility index (Phi) is 5.90. The minimum Gasteiger partial charge on any atom is -0.374 e. The monoisotopic (exact) mass is 527 g/mol. The number of rotatable bonds is 7. The van der Waals surface area contributed by atoms with Gasteiger partial charge in [-0.25, -0.2) is 35.9 Å². The van der Waals surface area contributed by atoms with Crippen LogP contribution < -0.4 is 10.6 Å². The molecule has 0 bridgehead atoms. The topological polar surface area (TPSA) is 126 Å². The zero-order chi connectivity index (χ0) is 25.8. The highest BCUT2D eigenvalue weighted by Crippen LogP contribution is 2.49. The Morgan fingerprint density at radius 1 is 1.22 bits per heavy atom. The number of ether oxygens (including phenoxy) is 1. The Morgan fingerprint density at radius 3 is 2.58 bits per heavy atom. The summed E-state index contributed by atoms with van der Waals surface area (Å²) in [7, 11) is -3.74. The first kappa shape index (κ1) is 24.4. The maximum Gasteiger partial charge on any atom is 0.295 e. The van der Waals surface area contributed by atoms with Crippen LogP contribution in [-0.4, -0.2) is 48.1 Å². The second-order valence-corrected chi connectivity index (χ2v) is 10.8. The zero-order valence-corrected chi connectivity index (χ0v) is 19.6. The summed E-state index contributed by atoms with van der Waals surface area (Å²) in [5, 5.41) is 5.15. The molecule has 1 aliphatic heterocycles. The van der Waals surface area contributed by atoms with Gasteiger partial charge in [-0.2, -0.15) is 0 Å². The number of hydrogen-bond donors (Lipinski definition) is 3. The van der Waals surface area contributed by atoms with Crippen molar-refractivity contribution in [2.45, 2.75) is 42.6 Å². The van der Waals surface area contributed by atoms with Gasteiger partial charge in [-0.15, -0.1) is 0 Å². The van der Waals surface area contributed by atoms with Crippen LogP contribution in [0.5, 0.6) is 0 Å². The van der Waals surface area contributed by atoms with E-state index in [4.69, 9.17) is 4.74 Å². The lowest BCUT2D eigenvalue weighted by Gasteiger charge is -2.16. The summed E-state index contributed by atoms with van der Waals surface area (Å²) < 4.78 is 84.0. The van der Waals surface area contributed by atoms with Crippen LogP contribution in [0.3, 0.4) is 0 Å². The standard InChI is InChI=1S/C22H21F4N5O4S/c1-36(33,34)15-7-10(14-3-2-6-35-14)4-5-12(15)27-13-8-16(29-21(32)11-9-22(11,25)26)28-19-17(13)30-20(31-19)18(23)24/h4-5,7-8,11,14,18H,2-3,6,9H2,1H3,(H3,27,28,29,30,31,32)/t11-,14+/m1/s1. The molecule has 36 heavy (non-hydrogen) atoms. The Balaban J connectivity index is 1.55. The van der Waals surface area contributed by atoms with E-state index >= 15 is 0 Å². The average molecular weight is 528 g/mol. The highest BCUT2D eigenvalue weighted by atomic mass is 32.2. The number of carbonyl (C=O) groups excluding carboxylic acids is 1. The Labute approximate surface area is 202 Å². The lowest BCUT2D eigenvalue weighted by Crippen LogP contribution is -2.18. The lowest BCUT2D eigenvalue weighted by molar-refractivity contribution is -0.119. The molecular weight excluding hydrogens is 506 g/mol. The number of anilines is 3. The summed E-state index contributed by atoms with van der Waals surface area (Å²) in [4.78, 5) is 22.3. The molecule has 2 atom stereocenters. The number of amides is 1. The van der Waals surface area contributed by atoms with Crippen molar-refractivity contribution in [2.24, 2.45) is 5.92 Å². The molecule has 3 aromatic rings. The first-order valence-corrected chi connectivity index (χ1v) is 12.9. The smallest absolute Gasteiger partial charge is 0.295 e. The van der Waals surface area contributed by atoms with Crippen LogP contribution in [0, 0.1) is 5.92 Å². The first-order valence-electron chi connectivity index (χ1n) is 11.0. The normalized spacial score (nSPS) is 21.2. The SMILES string of the molecule is CS(=O)(=O)c1cc([C@@H]2CCCO2)ccc1Nc1cc(NC(=O)[C@H]2CC2(F)F)nc2nc(C(F)F)[nH]c12. The second-order valence-electron chi connectivity index (χ2n) is 8.84. The molecule has 3 heterocycles. The second kappa shape index (κ2) is 8.69. The number of sulfone groups is 1. The fourth-order valence-corrected chi connectivity index (χ4v) is 4.99. The number of aromatic amines is 1. The zero-order valence-electron chi connectivity index (χ0n) is 18.8. The first-order chi connectivity index (χ1) is 16.9. The van der Waals surface area contributed by atoms with Gasteiger partial charge in [0.2, 0.25) is 5.91 Å². The number of halogens is 4. The molecule has 1 saturated heterocycles. The van der Waals surface area contributed by atoms with Crippen molar-refractivity contribution in [1.82, 2.24) is 15.0 Å². The number of alkyl halides is 4. The van der Waals surface area contributed by atoms with E-state index in [9.17, 15) is 30.8 Å².